The number of carbonyl (C=O) groups excluding carboxylic acids is 1. The molecule has 3 atom stereocenters. The van der Waals surface area contributed by atoms with Crippen LogP contribution in [0.5, 0.6) is 0 Å². The van der Waals surface area contributed by atoms with Crippen LogP contribution in [0.25, 0.3) is 0 Å². The summed E-state index contributed by atoms with van der Waals surface area (Å²) in [5, 5.41) is 11.9. The Hall–Kier alpha value is -1.79. The number of benzene rings is 1. The van der Waals surface area contributed by atoms with Crippen LogP contribution in [0, 0.1) is 36.5 Å². The Labute approximate surface area is 125 Å². The molecule has 1 amide bonds. The number of hydrogen-bond acceptors (Lipinski definition) is 2. The van der Waals surface area contributed by atoms with Gasteiger partial charge in [0, 0.05) is 11.5 Å². The van der Waals surface area contributed by atoms with Gasteiger partial charge in [-0.15, -0.1) is 0 Å². The number of carbonyl (C=O) groups is 1. The fraction of sp³-hybridized carbons (Fsp3) is 0.500. The van der Waals surface area contributed by atoms with Crippen molar-refractivity contribution in [2.24, 2.45) is 17.8 Å². The zero-order valence-corrected chi connectivity index (χ0v) is 12.4. The fourth-order valence-corrected chi connectivity index (χ4v) is 3.80. The van der Waals surface area contributed by atoms with E-state index in [0.29, 0.717) is 5.92 Å². The van der Waals surface area contributed by atoms with Gasteiger partial charge in [-0.25, -0.2) is 0 Å². The molecule has 110 valence electrons. The lowest BCUT2D eigenvalue weighted by molar-refractivity contribution is -0.121. The van der Waals surface area contributed by atoms with Crippen molar-refractivity contribution in [2.75, 3.05) is 11.9 Å². The van der Waals surface area contributed by atoms with Crippen LogP contribution < -0.4 is 5.32 Å². The Bertz CT molecular complexity index is 611. The highest BCUT2D eigenvalue weighted by molar-refractivity contribution is 5.94. The van der Waals surface area contributed by atoms with Crippen LogP contribution in [0.3, 0.4) is 0 Å². The van der Waals surface area contributed by atoms with Gasteiger partial charge in [0.2, 0.25) is 5.91 Å². The second-order valence-corrected chi connectivity index (χ2v) is 6.28. The predicted octanol–water partition coefficient (Wildman–Crippen LogP) is 2.71. The lowest BCUT2D eigenvalue weighted by atomic mass is 9.88. The van der Waals surface area contributed by atoms with Crippen LogP contribution in [-0.2, 0) is 4.79 Å². The average Bonchev–Trinajstić information content (AvgIpc) is 3.09. The predicted molar refractivity (Wildman–Crippen MR) is 82.7 cm³/mol. The maximum absolute atomic E-state index is 12.5. The smallest absolute Gasteiger partial charge is 0.227 e. The van der Waals surface area contributed by atoms with Gasteiger partial charge in [-0.3, -0.25) is 4.79 Å². The van der Waals surface area contributed by atoms with Crippen molar-refractivity contribution in [1.29, 1.82) is 0 Å². The summed E-state index contributed by atoms with van der Waals surface area (Å²) in [5.41, 5.74) is 2.63. The van der Waals surface area contributed by atoms with Crippen molar-refractivity contribution in [2.45, 2.75) is 32.6 Å². The fourth-order valence-electron chi connectivity index (χ4n) is 3.80. The van der Waals surface area contributed by atoms with E-state index < -0.39 is 0 Å². The normalized spacial score (nSPS) is 26.3. The highest BCUT2D eigenvalue weighted by Crippen LogP contribution is 2.48. The van der Waals surface area contributed by atoms with Gasteiger partial charge in [0.25, 0.3) is 0 Å². The number of aliphatic hydroxyl groups excluding tert-OH is 1. The third-order valence-electron chi connectivity index (χ3n) is 4.81. The Morgan fingerprint density at radius 1 is 1.38 bits per heavy atom. The van der Waals surface area contributed by atoms with Crippen LogP contribution in [0.4, 0.5) is 5.69 Å². The molecule has 1 aromatic rings. The van der Waals surface area contributed by atoms with Gasteiger partial charge in [-0.05, 0) is 55.7 Å². The van der Waals surface area contributed by atoms with E-state index in [9.17, 15) is 4.79 Å². The minimum Gasteiger partial charge on any atom is -0.384 e. The number of nitrogens with one attached hydrogen (secondary N) is 1. The molecule has 3 unspecified atom stereocenters. The molecule has 21 heavy (non-hydrogen) atoms. The molecule has 0 heterocycles. The number of amides is 1. The van der Waals surface area contributed by atoms with E-state index in [0.717, 1.165) is 29.2 Å². The first-order valence-electron chi connectivity index (χ1n) is 7.68. The van der Waals surface area contributed by atoms with E-state index in [2.05, 4.69) is 17.2 Å². The van der Waals surface area contributed by atoms with Crippen LogP contribution in [0.1, 0.15) is 36.8 Å². The molecular weight excluding hydrogens is 262 g/mol. The minimum atomic E-state index is -0.173. The molecule has 3 rings (SSSR count). The summed E-state index contributed by atoms with van der Waals surface area (Å²) in [7, 11) is 0. The van der Waals surface area contributed by atoms with E-state index in [1.165, 1.54) is 19.3 Å². The second kappa shape index (κ2) is 5.91. The average molecular weight is 283 g/mol. The topological polar surface area (TPSA) is 49.3 Å². The summed E-state index contributed by atoms with van der Waals surface area (Å²) in [6.45, 7) is 1.82. The Morgan fingerprint density at radius 3 is 2.90 bits per heavy atom. The van der Waals surface area contributed by atoms with Gasteiger partial charge >= 0.3 is 0 Å². The largest absolute Gasteiger partial charge is 0.384 e. The number of aryl methyl sites for hydroxylation is 1. The van der Waals surface area contributed by atoms with Gasteiger partial charge in [0.05, 0.1) is 5.69 Å². The van der Waals surface area contributed by atoms with E-state index >= 15 is 0 Å². The summed E-state index contributed by atoms with van der Waals surface area (Å²) >= 11 is 0. The summed E-state index contributed by atoms with van der Waals surface area (Å²) in [6, 6.07) is 5.81. The van der Waals surface area contributed by atoms with Gasteiger partial charge in [0.1, 0.15) is 6.61 Å². The van der Waals surface area contributed by atoms with E-state index in [-0.39, 0.29) is 18.4 Å². The van der Waals surface area contributed by atoms with Crippen molar-refractivity contribution in [3.05, 3.63) is 29.3 Å². The SMILES string of the molecule is Cc1ccc(C#CCO)c(NC(=O)C2CC3CCC2C3)c1. The van der Waals surface area contributed by atoms with Gasteiger partial charge < -0.3 is 10.4 Å². The molecule has 2 fully saturated rings. The molecule has 0 aromatic heterocycles. The molecule has 2 bridgehead atoms. The third kappa shape index (κ3) is 2.96. The lowest BCUT2D eigenvalue weighted by Gasteiger charge is -2.21. The number of anilines is 1. The number of rotatable bonds is 2. The third-order valence-corrected chi connectivity index (χ3v) is 4.81. The highest BCUT2D eigenvalue weighted by Gasteiger charge is 2.43. The summed E-state index contributed by atoms with van der Waals surface area (Å²) in [5.74, 6) is 7.20. The first kappa shape index (κ1) is 14.2. The van der Waals surface area contributed by atoms with Gasteiger partial charge in [-0.2, -0.15) is 0 Å². The molecule has 3 heteroatoms. The van der Waals surface area contributed by atoms with Crippen molar-refractivity contribution >= 4 is 11.6 Å². The zero-order valence-electron chi connectivity index (χ0n) is 12.4. The zero-order chi connectivity index (χ0) is 14.8. The Morgan fingerprint density at radius 2 is 2.24 bits per heavy atom. The lowest BCUT2D eigenvalue weighted by Crippen LogP contribution is -2.27. The van der Waals surface area contributed by atoms with E-state index in [4.69, 9.17) is 5.11 Å². The molecule has 2 aliphatic rings. The molecule has 2 saturated carbocycles. The maximum Gasteiger partial charge on any atom is 0.227 e. The second-order valence-electron chi connectivity index (χ2n) is 6.28. The monoisotopic (exact) mass is 283 g/mol. The summed E-state index contributed by atoms with van der Waals surface area (Å²) in [4.78, 5) is 12.5. The summed E-state index contributed by atoms with van der Waals surface area (Å²) < 4.78 is 0. The van der Waals surface area contributed by atoms with Crippen LogP contribution in [0.15, 0.2) is 18.2 Å². The summed E-state index contributed by atoms with van der Waals surface area (Å²) in [6.07, 6.45) is 4.77. The highest BCUT2D eigenvalue weighted by atomic mass is 16.2. The molecule has 3 nitrogen and oxygen atoms in total. The molecule has 0 radical (unpaired) electrons. The Balaban J connectivity index is 1.77. The van der Waals surface area contributed by atoms with Crippen molar-refractivity contribution < 1.29 is 9.90 Å². The minimum absolute atomic E-state index is 0.139. The van der Waals surface area contributed by atoms with E-state index in [1.807, 2.05) is 25.1 Å². The molecular formula is C18H21NO2. The van der Waals surface area contributed by atoms with E-state index in [1.54, 1.807) is 0 Å². The standard InChI is InChI=1S/C18H21NO2/c1-12-4-6-14(3-2-8-20)17(9-12)19-18(21)16-11-13-5-7-15(16)10-13/h4,6,9,13,15-16,20H,5,7-8,10-11H2,1H3,(H,19,21). The van der Waals surface area contributed by atoms with Crippen molar-refractivity contribution in [3.8, 4) is 11.8 Å². The molecule has 0 spiro atoms. The molecule has 0 saturated heterocycles. The van der Waals surface area contributed by atoms with Gasteiger partial charge in [-0.1, -0.05) is 24.3 Å². The number of fused-ring (bicyclic) bond motifs is 2. The molecule has 0 aliphatic heterocycles. The molecule has 2 aliphatic carbocycles. The number of hydrogen-bond donors (Lipinski definition) is 2. The van der Waals surface area contributed by atoms with Crippen molar-refractivity contribution in [3.63, 3.8) is 0 Å². The first-order chi connectivity index (χ1) is 10.2. The van der Waals surface area contributed by atoms with Crippen LogP contribution in [0.2, 0.25) is 0 Å². The molecule has 1 aromatic carbocycles. The quantitative estimate of drug-likeness (QED) is 0.820. The Kier molecular flexibility index (Phi) is 3.98. The van der Waals surface area contributed by atoms with Crippen LogP contribution >= 0.6 is 0 Å². The number of aliphatic hydroxyl groups is 1. The van der Waals surface area contributed by atoms with Crippen molar-refractivity contribution in [1.82, 2.24) is 0 Å². The first-order valence-corrected chi connectivity index (χ1v) is 7.68. The maximum atomic E-state index is 12.5. The van der Waals surface area contributed by atoms with Gasteiger partial charge in [0.15, 0.2) is 0 Å². The molecule has 2 N–H and O–H groups in total. The van der Waals surface area contributed by atoms with Crippen LogP contribution in [-0.4, -0.2) is 17.6 Å².